The van der Waals surface area contributed by atoms with Crippen molar-refractivity contribution in [2.45, 2.75) is 40.8 Å². The highest BCUT2D eigenvalue weighted by Gasteiger charge is 2.14. The molecule has 0 spiro atoms. The average Bonchev–Trinajstić information content (AvgIpc) is 2.73. The molecule has 0 unspecified atom stereocenters. The van der Waals surface area contributed by atoms with E-state index in [0.717, 1.165) is 39.3 Å². The molecule has 0 fully saturated rings. The lowest BCUT2D eigenvalue weighted by Crippen LogP contribution is -2.07. The Morgan fingerprint density at radius 3 is 2.43 bits per heavy atom. The first-order chi connectivity index (χ1) is 9.97. The van der Waals surface area contributed by atoms with Gasteiger partial charge in [-0.1, -0.05) is 0 Å². The summed E-state index contributed by atoms with van der Waals surface area (Å²) in [5, 5.41) is 13.4. The second-order valence-electron chi connectivity index (χ2n) is 5.00. The Morgan fingerprint density at radius 1 is 1.29 bits per heavy atom. The first-order valence-electron chi connectivity index (χ1n) is 6.83. The Labute approximate surface area is 133 Å². The molecule has 110 valence electrons. The van der Waals surface area contributed by atoms with Crippen LogP contribution in [-0.2, 0) is 13.2 Å². The van der Waals surface area contributed by atoms with Crippen LogP contribution in [0.2, 0.25) is 0 Å². The summed E-state index contributed by atoms with van der Waals surface area (Å²) >= 11 is 3.57. The molecule has 4 nitrogen and oxygen atoms in total. The van der Waals surface area contributed by atoms with Crippen molar-refractivity contribution in [1.82, 2.24) is 9.78 Å². The molecule has 0 aliphatic rings. The van der Waals surface area contributed by atoms with Gasteiger partial charge in [-0.25, -0.2) is 0 Å². The highest BCUT2D eigenvalue weighted by Crippen LogP contribution is 2.27. The van der Waals surface area contributed by atoms with Gasteiger partial charge in [0, 0.05) is 6.54 Å². The van der Waals surface area contributed by atoms with E-state index < -0.39 is 0 Å². The predicted molar refractivity (Wildman–Crippen MR) is 85.3 cm³/mol. The zero-order valence-corrected chi connectivity index (χ0v) is 14.3. The third-order valence-electron chi connectivity index (χ3n) is 3.40. The average molecular weight is 348 g/mol. The molecular formula is C16H18BrN3O. The van der Waals surface area contributed by atoms with Crippen molar-refractivity contribution in [1.29, 1.82) is 5.26 Å². The number of hydrogen-bond acceptors (Lipinski definition) is 3. The summed E-state index contributed by atoms with van der Waals surface area (Å²) in [6.45, 7) is 9.19. The largest absolute Gasteiger partial charge is 0.487 e. The molecule has 0 saturated carbocycles. The van der Waals surface area contributed by atoms with Gasteiger partial charge >= 0.3 is 0 Å². The Balaban J connectivity index is 2.27. The van der Waals surface area contributed by atoms with Crippen molar-refractivity contribution in [3.05, 3.63) is 44.7 Å². The van der Waals surface area contributed by atoms with E-state index in [0.29, 0.717) is 12.2 Å². The lowest BCUT2D eigenvalue weighted by atomic mass is 10.1. The van der Waals surface area contributed by atoms with Gasteiger partial charge < -0.3 is 4.74 Å². The van der Waals surface area contributed by atoms with Crippen molar-refractivity contribution >= 4 is 15.9 Å². The molecule has 2 aromatic rings. The Hall–Kier alpha value is -1.80. The van der Waals surface area contributed by atoms with Crippen LogP contribution in [-0.4, -0.2) is 9.78 Å². The quantitative estimate of drug-likeness (QED) is 0.838. The molecule has 21 heavy (non-hydrogen) atoms. The summed E-state index contributed by atoms with van der Waals surface area (Å²) in [6.07, 6.45) is 0. The van der Waals surface area contributed by atoms with Gasteiger partial charge in [-0.2, -0.15) is 10.4 Å². The molecule has 0 aliphatic heterocycles. The van der Waals surface area contributed by atoms with E-state index in [1.54, 1.807) is 0 Å². The fourth-order valence-electron chi connectivity index (χ4n) is 2.39. The predicted octanol–water partition coefficient (Wildman–Crippen LogP) is 4.04. The van der Waals surface area contributed by atoms with Crippen LogP contribution in [0.4, 0.5) is 0 Å². The molecule has 0 radical (unpaired) electrons. The maximum atomic E-state index is 8.98. The number of halogens is 1. The van der Waals surface area contributed by atoms with Gasteiger partial charge in [0.1, 0.15) is 12.4 Å². The van der Waals surface area contributed by atoms with Crippen LogP contribution < -0.4 is 4.74 Å². The minimum Gasteiger partial charge on any atom is -0.487 e. The summed E-state index contributed by atoms with van der Waals surface area (Å²) in [4.78, 5) is 0. The van der Waals surface area contributed by atoms with Gasteiger partial charge in [0.15, 0.2) is 0 Å². The van der Waals surface area contributed by atoms with E-state index >= 15 is 0 Å². The summed E-state index contributed by atoms with van der Waals surface area (Å²) < 4.78 is 8.92. The van der Waals surface area contributed by atoms with E-state index in [1.165, 1.54) is 0 Å². The minimum absolute atomic E-state index is 0.447. The lowest BCUT2D eigenvalue weighted by molar-refractivity contribution is 0.288. The molecule has 5 heteroatoms. The number of nitriles is 1. The number of ether oxygens (including phenoxy) is 1. The van der Waals surface area contributed by atoms with Crippen molar-refractivity contribution in [3.8, 4) is 11.8 Å². The van der Waals surface area contributed by atoms with Crippen molar-refractivity contribution in [2.24, 2.45) is 0 Å². The molecule has 0 bridgehead atoms. The normalized spacial score (nSPS) is 10.5. The van der Waals surface area contributed by atoms with Crippen molar-refractivity contribution < 1.29 is 4.74 Å². The van der Waals surface area contributed by atoms with Gasteiger partial charge in [0.2, 0.25) is 0 Å². The highest BCUT2D eigenvalue weighted by molar-refractivity contribution is 9.10. The van der Waals surface area contributed by atoms with E-state index in [4.69, 9.17) is 10.00 Å². The Morgan fingerprint density at radius 2 is 1.90 bits per heavy atom. The van der Waals surface area contributed by atoms with E-state index in [9.17, 15) is 0 Å². The van der Waals surface area contributed by atoms with Crippen LogP contribution in [0.3, 0.4) is 0 Å². The maximum Gasteiger partial charge on any atom is 0.131 e. The first-order valence-corrected chi connectivity index (χ1v) is 7.63. The zero-order valence-electron chi connectivity index (χ0n) is 12.7. The van der Waals surface area contributed by atoms with Gasteiger partial charge in [0.05, 0.1) is 27.5 Å². The molecular weight excluding hydrogens is 330 g/mol. The minimum atomic E-state index is 0.447. The molecule has 0 N–H and O–H groups in total. The highest BCUT2D eigenvalue weighted by atomic mass is 79.9. The van der Waals surface area contributed by atoms with E-state index in [-0.39, 0.29) is 0 Å². The van der Waals surface area contributed by atoms with Crippen LogP contribution in [0.1, 0.15) is 35.0 Å². The fraction of sp³-hybridized carbons (Fsp3) is 0.375. The van der Waals surface area contributed by atoms with E-state index in [1.807, 2.05) is 37.6 Å². The third-order valence-corrected chi connectivity index (χ3v) is 4.43. The second-order valence-corrected chi connectivity index (χ2v) is 5.79. The SMILES string of the molecule is CCn1nc(C)c(Br)c1COc1c(C)cc(C#N)cc1C. The number of benzene rings is 1. The van der Waals surface area contributed by atoms with Crippen LogP contribution in [0.5, 0.6) is 5.75 Å². The summed E-state index contributed by atoms with van der Waals surface area (Å²) in [5.41, 5.74) is 4.60. The number of aromatic nitrogens is 2. The van der Waals surface area contributed by atoms with Crippen molar-refractivity contribution in [3.63, 3.8) is 0 Å². The fourth-order valence-corrected chi connectivity index (χ4v) is 2.79. The van der Waals surface area contributed by atoms with Crippen LogP contribution in [0, 0.1) is 32.1 Å². The topological polar surface area (TPSA) is 50.8 Å². The number of aryl methyl sites for hydroxylation is 4. The monoisotopic (exact) mass is 347 g/mol. The van der Waals surface area contributed by atoms with Crippen LogP contribution in [0.15, 0.2) is 16.6 Å². The molecule has 2 rings (SSSR count). The summed E-state index contributed by atoms with van der Waals surface area (Å²) in [7, 11) is 0. The summed E-state index contributed by atoms with van der Waals surface area (Å²) in [6, 6.07) is 5.86. The van der Waals surface area contributed by atoms with Crippen LogP contribution in [0.25, 0.3) is 0 Å². The zero-order chi connectivity index (χ0) is 15.6. The molecule has 0 atom stereocenters. The Bertz CT molecular complexity index is 690. The molecule has 1 heterocycles. The lowest BCUT2D eigenvalue weighted by Gasteiger charge is -2.13. The van der Waals surface area contributed by atoms with Crippen LogP contribution >= 0.6 is 15.9 Å². The number of rotatable bonds is 4. The number of nitrogens with zero attached hydrogens (tertiary/aromatic N) is 3. The Kier molecular flexibility index (Phi) is 4.69. The van der Waals surface area contributed by atoms with Gasteiger partial charge in [-0.3, -0.25) is 4.68 Å². The summed E-state index contributed by atoms with van der Waals surface area (Å²) in [5.74, 6) is 0.836. The second kappa shape index (κ2) is 6.31. The third kappa shape index (κ3) is 3.11. The van der Waals surface area contributed by atoms with E-state index in [2.05, 4.69) is 34.0 Å². The van der Waals surface area contributed by atoms with Gasteiger partial charge in [0.25, 0.3) is 0 Å². The molecule has 0 saturated heterocycles. The molecule has 1 aromatic heterocycles. The smallest absolute Gasteiger partial charge is 0.131 e. The van der Waals surface area contributed by atoms with Gasteiger partial charge in [-0.15, -0.1) is 0 Å². The van der Waals surface area contributed by atoms with Crippen molar-refractivity contribution in [2.75, 3.05) is 0 Å². The maximum absolute atomic E-state index is 8.98. The number of hydrogen-bond donors (Lipinski definition) is 0. The molecule has 0 amide bonds. The molecule has 0 aliphatic carbocycles. The molecule has 1 aromatic carbocycles. The van der Waals surface area contributed by atoms with Gasteiger partial charge in [-0.05, 0) is 66.9 Å². The first kappa shape index (κ1) is 15.6. The standard InChI is InChI=1S/C16H18BrN3O/c1-5-20-14(15(17)12(4)19-20)9-21-16-10(2)6-13(8-18)7-11(16)3/h6-7H,5,9H2,1-4H3.